The van der Waals surface area contributed by atoms with Gasteiger partial charge in [0, 0.05) is 54.8 Å². The van der Waals surface area contributed by atoms with E-state index in [0.717, 1.165) is 61.0 Å². The van der Waals surface area contributed by atoms with Crippen LogP contribution in [0.3, 0.4) is 0 Å². The fourth-order valence-electron chi connectivity index (χ4n) is 8.70. The highest BCUT2D eigenvalue weighted by atomic mass is 16.3. The Morgan fingerprint density at radius 2 is 0.860 bits per heavy atom. The molecule has 0 spiro atoms. The van der Waals surface area contributed by atoms with Crippen LogP contribution in [-0.4, -0.2) is 24.1 Å². The third-order valence-electron chi connectivity index (χ3n) is 11.2. The molecule has 0 unspecified atom stereocenters. The second-order valence-electron chi connectivity index (χ2n) is 14.4. The molecule has 57 heavy (non-hydrogen) atoms. The van der Waals surface area contributed by atoms with Gasteiger partial charge >= 0.3 is 0 Å². The second kappa shape index (κ2) is 12.3. The van der Waals surface area contributed by atoms with Gasteiger partial charge in [-0.05, 0) is 60.7 Å². The Morgan fingerprint density at radius 1 is 0.351 bits per heavy atom. The number of rotatable bonds is 5. The zero-order valence-corrected chi connectivity index (χ0v) is 30.5. The molecule has 4 aromatic heterocycles. The van der Waals surface area contributed by atoms with Crippen LogP contribution in [0, 0.1) is 0 Å². The van der Waals surface area contributed by atoms with E-state index >= 15 is 0 Å². The van der Waals surface area contributed by atoms with Crippen LogP contribution in [0.15, 0.2) is 192 Å². The second-order valence-corrected chi connectivity index (χ2v) is 14.4. The summed E-state index contributed by atoms with van der Waals surface area (Å²) in [5.41, 5.74) is 11.0. The molecule has 6 heteroatoms. The Bertz CT molecular complexity index is 3520. The van der Waals surface area contributed by atoms with Gasteiger partial charge in [-0.15, -0.1) is 0 Å². The molecule has 8 aromatic carbocycles. The SMILES string of the molecule is c1ccc(-c2nc(-c3cccc(-n4c5ccccc5c5c6c7ccccc7n(-c7ccccc7)c6ccc54)c3)nc(-c3cccc4c3oc3ccccc34)n2)cc1. The minimum atomic E-state index is 0.558. The van der Waals surface area contributed by atoms with Crippen molar-refractivity contribution in [3.8, 4) is 45.5 Å². The molecule has 6 nitrogen and oxygen atoms in total. The maximum atomic E-state index is 6.46. The molecule has 0 aliphatic heterocycles. The smallest absolute Gasteiger partial charge is 0.167 e. The Morgan fingerprint density at radius 3 is 1.58 bits per heavy atom. The van der Waals surface area contributed by atoms with Gasteiger partial charge in [0.2, 0.25) is 0 Å². The molecule has 0 bridgehead atoms. The van der Waals surface area contributed by atoms with Crippen molar-refractivity contribution >= 4 is 65.6 Å². The van der Waals surface area contributed by atoms with E-state index in [9.17, 15) is 0 Å². The highest BCUT2D eigenvalue weighted by Crippen LogP contribution is 2.43. The molecule has 0 amide bonds. The predicted molar refractivity (Wildman–Crippen MR) is 232 cm³/mol. The number of hydrogen-bond donors (Lipinski definition) is 0. The Balaban J connectivity index is 1.09. The largest absolute Gasteiger partial charge is 0.455 e. The lowest BCUT2D eigenvalue weighted by Gasteiger charge is -2.12. The fraction of sp³-hybridized carbons (Fsp3) is 0. The van der Waals surface area contributed by atoms with Crippen LogP contribution in [0.1, 0.15) is 0 Å². The van der Waals surface area contributed by atoms with Gasteiger partial charge in [0.25, 0.3) is 0 Å². The highest BCUT2D eigenvalue weighted by Gasteiger charge is 2.22. The van der Waals surface area contributed by atoms with Crippen LogP contribution >= 0.6 is 0 Å². The van der Waals surface area contributed by atoms with Crippen LogP contribution in [0.5, 0.6) is 0 Å². The standard InChI is InChI=1S/C51H31N5O/c1-3-15-32(16-4-1)49-52-50(54-51(53-49)40-25-14-24-37-36-21-9-12-28-45(36)57-48(37)40)33-17-13-20-35(31-33)56-42-27-11-8-23-39(42)47-44(56)30-29-43-46(47)38-22-7-10-26-41(38)55(43)34-18-5-2-6-19-34/h1-31H. The lowest BCUT2D eigenvalue weighted by atomic mass is 10.1. The summed E-state index contributed by atoms with van der Waals surface area (Å²) in [6.45, 7) is 0. The monoisotopic (exact) mass is 729 g/mol. The van der Waals surface area contributed by atoms with Crippen LogP contribution in [0.2, 0.25) is 0 Å². The molecule has 0 saturated heterocycles. The highest BCUT2D eigenvalue weighted by molar-refractivity contribution is 6.29. The number of nitrogens with zero attached hydrogens (tertiary/aromatic N) is 5. The maximum absolute atomic E-state index is 6.46. The zero-order chi connectivity index (χ0) is 37.5. The molecule has 4 heterocycles. The molecule has 0 radical (unpaired) electrons. The minimum Gasteiger partial charge on any atom is -0.455 e. The van der Waals surface area contributed by atoms with E-state index < -0.39 is 0 Å². The first-order valence-corrected chi connectivity index (χ1v) is 19.1. The van der Waals surface area contributed by atoms with Crippen molar-refractivity contribution in [2.45, 2.75) is 0 Å². The van der Waals surface area contributed by atoms with Gasteiger partial charge in [-0.3, -0.25) is 0 Å². The van der Waals surface area contributed by atoms with Gasteiger partial charge in [-0.2, -0.15) is 0 Å². The summed E-state index contributed by atoms with van der Waals surface area (Å²) in [6.07, 6.45) is 0. The summed E-state index contributed by atoms with van der Waals surface area (Å²) in [5, 5.41) is 6.99. The van der Waals surface area contributed by atoms with E-state index in [4.69, 9.17) is 19.4 Å². The molecule has 266 valence electrons. The zero-order valence-electron chi connectivity index (χ0n) is 30.5. The Hall–Kier alpha value is -7.83. The van der Waals surface area contributed by atoms with Crippen LogP contribution in [-0.2, 0) is 0 Å². The van der Waals surface area contributed by atoms with Crippen molar-refractivity contribution in [3.05, 3.63) is 188 Å². The van der Waals surface area contributed by atoms with Gasteiger partial charge in [-0.1, -0.05) is 127 Å². The third-order valence-corrected chi connectivity index (χ3v) is 11.2. The van der Waals surface area contributed by atoms with Crippen LogP contribution in [0.25, 0.3) is 111 Å². The Kier molecular flexibility index (Phi) is 6.83. The predicted octanol–water partition coefficient (Wildman–Crippen LogP) is 13.0. The molecule has 0 aliphatic carbocycles. The van der Waals surface area contributed by atoms with E-state index in [2.05, 4.69) is 137 Å². The molecule has 12 aromatic rings. The van der Waals surface area contributed by atoms with Gasteiger partial charge in [0.05, 0.1) is 27.6 Å². The van der Waals surface area contributed by atoms with Crippen molar-refractivity contribution < 1.29 is 4.42 Å². The summed E-state index contributed by atoms with van der Waals surface area (Å²) in [7, 11) is 0. The number of fused-ring (bicyclic) bond motifs is 10. The summed E-state index contributed by atoms with van der Waals surface area (Å²) in [5.74, 6) is 1.74. The van der Waals surface area contributed by atoms with Gasteiger partial charge in [0.15, 0.2) is 17.5 Å². The number of para-hydroxylation sites is 5. The number of hydrogen-bond acceptors (Lipinski definition) is 4. The Labute approximate surface area is 326 Å². The quantitative estimate of drug-likeness (QED) is 0.177. The van der Waals surface area contributed by atoms with Crippen LogP contribution in [0.4, 0.5) is 0 Å². The summed E-state index contributed by atoms with van der Waals surface area (Å²) >= 11 is 0. The number of furan rings is 1. The summed E-state index contributed by atoms with van der Waals surface area (Å²) in [6, 6.07) is 65.5. The lowest BCUT2D eigenvalue weighted by molar-refractivity contribution is 0.669. The number of benzene rings is 8. The van der Waals surface area contributed by atoms with Gasteiger partial charge < -0.3 is 13.6 Å². The van der Waals surface area contributed by atoms with Crippen LogP contribution < -0.4 is 0 Å². The number of aromatic nitrogens is 5. The van der Waals surface area contributed by atoms with Crippen molar-refractivity contribution in [2.24, 2.45) is 0 Å². The van der Waals surface area contributed by atoms with E-state index in [0.29, 0.717) is 17.5 Å². The average molecular weight is 730 g/mol. The van der Waals surface area contributed by atoms with Crippen molar-refractivity contribution in [1.29, 1.82) is 0 Å². The van der Waals surface area contributed by atoms with E-state index in [1.54, 1.807) is 0 Å². The molecule has 0 atom stereocenters. The summed E-state index contributed by atoms with van der Waals surface area (Å²) in [4.78, 5) is 15.4. The molecule has 0 saturated carbocycles. The third kappa shape index (κ3) is 4.81. The molecule has 12 rings (SSSR count). The van der Waals surface area contributed by atoms with E-state index in [-0.39, 0.29) is 0 Å². The first-order valence-electron chi connectivity index (χ1n) is 19.1. The van der Waals surface area contributed by atoms with Crippen molar-refractivity contribution in [3.63, 3.8) is 0 Å². The molecular weight excluding hydrogens is 699 g/mol. The molecule has 0 fully saturated rings. The molecule has 0 N–H and O–H groups in total. The van der Waals surface area contributed by atoms with Crippen molar-refractivity contribution in [2.75, 3.05) is 0 Å². The first kappa shape index (κ1) is 31.5. The van der Waals surface area contributed by atoms with E-state index in [1.165, 1.54) is 32.6 Å². The molecular formula is C51H31N5O. The maximum Gasteiger partial charge on any atom is 0.167 e. The van der Waals surface area contributed by atoms with Crippen molar-refractivity contribution in [1.82, 2.24) is 24.1 Å². The van der Waals surface area contributed by atoms with Gasteiger partial charge in [-0.25, -0.2) is 15.0 Å². The minimum absolute atomic E-state index is 0.558. The fourth-order valence-corrected chi connectivity index (χ4v) is 8.70. The average Bonchev–Trinajstić information content (AvgIpc) is 3.95. The van der Waals surface area contributed by atoms with Gasteiger partial charge in [0.1, 0.15) is 11.2 Å². The molecule has 0 aliphatic rings. The first-order chi connectivity index (χ1) is 28.3. The summed E-state index contributed by atoms with van der Waals surface area (Å²) < 4.78 is 11.2. The lowest BCUT2D eigenvalue weighted by Crippen LogP contribution is -2.01. The normalized spacial score (nSPS) is 11.9. The van der Waals surface area contributed by atoms with E-state index in [1.807, 2.05) is 60.7 Å². The topological polar surface area (TPSA) is 61.7 Å².